The second-order valence-corrected chi connectivity index (χ2v) is 6.62. The molecule has 2 aromatic rings. The summed E-state index contributed by atoms with van der Waals surface area (Å²) < 4.78 is 0. The van der Waals surface area contributed by atoms with Gasteiger partial charge in [0.2, 0.25) is 0 Å². The second-order valence-electron chi connectivity index (χ2n) is 5.57. The third kappa shape index (κ3) is 2.49. The minimum absolute atomic E-state index is 0.00608. The molecule has 0 saturated heterocycles. The first kappa shape index (κ1) is 14.3. The first-order valence-corrected chi connectivity index (χ1v) is 8.02. The maximum atomic E-state index is 12.5. The van der Waals surface area contributed by atoms with Crippen molar-refractivity contribution in [1.29, 1.82) is 0 Å². The number of likely N-dealkylation sites (N-methyl/N-ethyl adjacent to an activating group) is 1. The highest BCUT2D eigenvalue weighted by Gasteiger charge is 2.24. The fourth-order valence-corrected chi connectivity index (χ4v) is 3.93. The van der Waals surface area contributed by atoms with Crippen molar-refractivity contribution in [2.45, 2.75) is 25.8 Å². The summed E-state index contributed by atoms with van der Waals surface area (Å²) >= 11 is 1.57. The Morgan fingerprint density at radius 3 is 2.81 bits per heavy atom. The summed E-state index contributed by atoms with van der Waals surface area (Å²) in [6.07, 6.45) is 2.03. The number of carbonyl (C=O) groups is 1. The van der Waals surface area contributed by atoms with Crippen molar-refractivity contribution in [1.82, 2.24) is 4.90 Å². The first-order valence-electron chi connectivity index (χ1n) is 7.21. The van der Waals surface area contributed by atoms with Gasteiger partial charge < -0.3 is 10.0 Å². The third-order valence-corrected chi connectivity index (χ3v) is 5.39. The Morgan fingerprint density at radius 2 is 2.05 bits per heavy atom. The predicted molar refractivity (Wildman–Crippen MR) is 85.8 cm³/mol. The molecule has 3 nitrogen and oxygen atoms in total. The van der Waals surface area contributed by atoms with Crippen molar-refractivity contribution >= 4 is 17.2 Å². The zero-order valence-electron chi connectivity index (χ0n) is 12.3. The first-order chi connectivity index (χ1) is 10.1. The molecule has 21 heavy (non-hydrogen) atoms. The maximum Gasteiger partial charge on any atom is 0.264 e. The van der Waals surface area contributed by atoms with E-state index in [0.717, 1.165) is 17.7 Å². The molecule has 110 valence electrons. The zero-order chi connectivity index (χ0) is 15.0. The Kier molecular flexibility index (Phi) is 3.83. The van der Waals surface area contributed by atoms with Crippen LogP contribution in [0.5, 0.6) is 0 Å². The molecular formula is C17H19NO2S. The Morgan fingerprint density at radius 1 is 1.33 bits per heavy atom. The van der Waals surface area contributed by atoms with E-state index < -0.39 is 0 Å². The van der Waals surface area contributed by atoms with Crippen LogP contribution in [0, 0.1) is 0 Å². The fraction of sp³-hybridized carbons (Fsp3) is 0.353. The lowest BCUT2D eigenvalue weighted by atomic mass is 9.91. The SMILES string of the molecule is CC(CO)N(C)C(=O)c1cc2c(s1)-c1ccccc1CC2. The van der Waals surface area contributed by atoms with E-state index in [1.165, 1.54) is 21.6 Å². The van der Waals surface area contributed by atoms with Gasteiger partial charge in [-0.25, -0.2) is 0 Å². The van der Waals surface area contributed by atoms with Crippen molar-refractivity contribution in [2.75, 3.05) is 13.7 Å². The lowest BCUT2D eigenvalue weighted by Crippen LogP contribution is -2.36. The van der Waals surface area contributed by atoms with E-state index in [-0.39, 0.29) is 18.6 Å². The van der Waals surface area contributed by atoms with Crippen molar-refractivity contribution in [3.05, 3.63) is 46.3 Å². The topological polar surface area (TPSA) is 40.5 Å². The second kappa shape index (κ2) is 5.62. The van der Waals surface area contributed by atoms with Crippen molar-refractivity contribution in [3.63, 3.8) is 0 Å². The smallest absolute Gasteiger partial charge is 0.264 e. The van der Waals surface area contributed by atoms with Crippen molar-refractivity contribution < 1.29 is 9.90 Å². The number of amides is 1. The lowest BCUT2D eigenvalue weighted by Gasteiger charge is -2.22. The van der Waals surface area contributed by atoms with Gasteiger partial charge in [-0.15, -0.1) is 11.3 Å². The Balaban J connectivity index is 1.96. The molecule has 0 saturated carbocycles. The van der Waals surface area contributed by atoms with Gasteiger partial charge in [0.1, 0.15) is 0 Å². The summed E-state index contributed by atoms with van der Waals surface area (Å²) in [5, 5.41) is 9.20. The molecule has 1 aliphatic rings. The Bertz CT molecular complexity index is 677. The van der Waals surface area contributed by atoms with Gasteiger partial charge in [0.15, 0.2) is 0 Å². The highest BCUT2D eigenvalue weighted by Crippen LogP contribution is 2.39. The van der Waals surface area contributed by atoms with Crippen molar-refractivity contribution in [3.8, 4) is 10.4 Å². The molecule has 1 amide bonds. The molecule has 1 heterocycles. The summed E-state index contributed by atoms with van der Waals surface area (Å²) in [6, 6.07) is 10.3. The molecule has 0 aliphatic heterocycles. The monoisotopic (exact) mass is 301 g/mol. The van der Waals surface area contributed by atoms with Gasteiger partial charge in [0.05, 0.1) is 17.5 Å². The molecule has 3 rings (SSSR count). The standard InChI is InChI=1S/C17H19NO2S/c1-11(10-19)18(2)17(20)15-9-13-8-7-12-5-3-4-6-14(12)16(13)21-15/h3-6,9,11,19H,7-8,10H2,1-2H3. The summed E-state index contributed by atoms with van der Waals surface area (Å²) in [4.78, 5) is 16.1. The number of hydrogen-bond donors (Lipinski definition) is 1. The maximum absolute atomic E-state index is 12.5. The predicted octanol–water partition coefficient (Wildman–Crippen LogP) is 2.97. The van der Waals surface area contributed by atoms with Crippen LogP contribution in [-0.4, -0.2) is 35.6 Å². The average molecular weight is 301 g/mol. The van der Waals surface area contributed by atoms with Crippen LogP contribution < -0.4 is 0 Å². The zero-order valence-corrected chi connectivity index (χ0v) is 13.1. The highest BCUT2D eigenvalue weighted by atomic mass is 32.1. The van der Waals surface area contributed by atoms with Gasteiger partial charge in [-0.3, -0.25) is 4.79 Å². The van der Waals surface area contributed by atoms with Crippen LogP contribution in [0.25, 0.3) is 10.4 Å². The van der Waals surface area contributed by atoms with E-state index >= 15 is 0 Å². The largest absolute Gasteiger partial charge is 0.394 e. The van der Waals surface area contributed by atoms with E-state index in [1.54, 1.807) is 23.3 Å². The average Bonchev–Trinajstić information content (AvgIpc) is 2.97. The Labute approximate surface area is 128 Å². The molecule has 0 fully saturated rings. The number of aliphatic hydroxyl groups excluding tert-OH is 1. The molecule has 0 bridgehead atoms. The van der Waals surface area contributed by atoms with Gasteiger partial charge in [0.25, 0.3) is 5.91 Å². The number of hydrogen-bond acceptors (Lipinski definition) is 3. The number of aryl methyl sites for hydroxylation is 2. The summed E-state index contributed by atoms with van der Waals surface area (Å²) in [5.74, 6) is -0.00608. The van der Waals surface area contributed by atoms with Crippen LogP contribution in [0.15, 0.2) is 30.3 Å². The number of nitrogens with zero attached hydrogens (tertiary/aromatic N) is 1. The minimum atomic E-state index is -0.163. The molecule has 1 N–H and O–H groups in total. The molecule has 1 aromatic heterocycles. The van der Waals surface area contributed by atoms with Crippen LogP contribution in [-0.2, 0) is 12.8 Å². The van der Waals surface area contributed by atoms with Gasteiger partial charge in [-0.05, 0) is 42.5 Å². The fourth-order valence-electron chi connectivity index (χ4n) is 2.67. The van der Waals surface area contributed by atoms with E-state index in [9.17, 15) is 9.90 Å². The van der Waals surface area contributed by atoms with Gasteiger partial charge in [0, 0.05) is 11.9 Å². The number of carbonyl (C=O) groups excluding carboxylic acids is 1. The number of thiophene rings is 1. The normalized spacial score (nSPS) is 14.2. The van der Waals surface area contributed by atoms with E-state index in [0.29, 0.717) is 0 Å². The van der Waals surface area contributed by atoms with E-state index in [2.05, 4.69) is 24.3 Å². The summed E-state index contributed by atoms with van der Waals surface area (Å²) in [5.41, 5.74) is 3.90. The van der Waals surface area contributed by atoms with Crippen LogP contribution in [0.1, 0.15) is 27.7 Å². The number of aliphatic hydroxyl groups is 1. The van der Waals surface area contributed by atoms with Gasteiger partial charge in [-0.1, -0.05) is 24.3 Å². The van der Waals surface area contributed by atoms with E-state index in [1.807, 2.05) is 13.0 Å². The molecule has 1 aliphatic carbocycles. The van der Waals surface area contributed by atoms with Gasteiger partial charge >= 0.3 is 0 Å². The quantitative estimate of drug-likeness (QED) is 0.947. The summed E-state index contributed by atoms with van der Waals surface area (Å²) in [7, 11) is 1.75. The highest BCUT2D eigenvalue weighted by molar-refractivity contribution is 7.17. The molecule has 1 unspecified atom stereocenters. The van der Waals surface area contributed by atoms with Crippen LogP contribution in [0.2, 0.25) is 0 Å². The number of fused-ring (bicyclic) bond motifs is 3. The lowest BCUT2D eigenvalue weighted by molar-refractivity contribution is 0.0687. The van der Waals surface area contributed by atoms with Gasteiger partial charge in [-0.2, -0.15) is 0 Å². The van der Waals surface area contributed by atoms with Crippen LogP contribution in [0.4, 0.5) is 0 Å². The number of benzene rings is 1. The van der Waals surface area contributed by atoms with Crippen LogP contribution in [0.3, 0.4) is 0 Å². The molecular weight excluding hydrogens is 282 g/mol. The Hall–Kier alpha value is -1.65. The third-order valence-electron chi connectivity index (χ3n) is 4.19. The number of rotatable bonds is 3. The molecule has 4 heteroatoms. The molecule has 1 atom stereocenters. The molecule has 0 radical (unpaired) electrons. The van der Waals surface area contributed by atoms with Crippen molar-refractivity contribution in [2.24, 2.45) is 0 Å². The molecule has 1 aromatic carbocycles. The van der Waals surface area contributed by atoms with E-state index in [4.69, 9.17) is 0 Å². The minimum Gasteiger partial charge on any atom is -0.394 e. The molecule has 0 spiro atoms. The summed E-state index contributed by atoms with van der Waals surface area (Å²) in [6.45, 7) is 1.83. The van der Waals surface area contributed by atoms with Crippen LogP contribution >= 0.6 is 11.3 Å².